The van der Waals surface area contributed by atoms with E-state index in [-0.39, 0.29) is 46.3 Å². The summed E-state index contributed by atoms with van der Waals surface area (Å²) in [4.78, 5) is 26.1. The zero-order chi connectivity index (χ0) is 29.0. The highest BCUT2D eigenvalue weighted by atomic mass is 28.4. The average molecular weight is 577 g/mol. The topological polar surface area (TPSA) is 97.6 Å². The minimum atomic E-state index is -2.05. The monoisotopic (exact) mass is 576 g/mol. The van der Waals surface area contributed by atoms with Crippen LogP contribution in [0.3, 0.4) is 0 Å². The Morgan fingerprint density at radius 2 is 1.69 bits per heavy atom. The van der Waals surface area contributed by atoms with Gasteiger partial charge in [-0.2, -0.15) is 0 Å². The van der Waals surface area contributed by atoms with Crippen LogP contribution in [0, 0.1) is 5.92 Å². The van der Waals surface area contributed by atoms with Crippen LogP contribution in [0.4, 0.5) is 0 Å². The lowest BCUT2D eigenvalue weighted by Crippen LogP contribution is -2.48. The van der Waals surface area contributed by atoms with E-state index in [9.17, 15) is 4.79 Å². The molecule has 2 aromatic heterocycles. The van der Waals surface area contributed by atoms with E-state index in [1.165, 1.54) is 0 Å². The van der Waals surface area contributed by atoms with Crippen molar-refractivity contribution in [3.05, 3.63) is 18.3 Å². The van der Waals surface area contributed by atoms with Gasteiger partial charge in [-0.15, -0.1) is 0 Å². The van der Waals surface area contributed by atoms with Crippen molar-refractivity contribution in [3.8, 4) is 0 Å². The first kappa shape index (κ1) is 30.3. The number of carbonyl (C=O) groups is 1. The van der Waals surface area contributed by atoms with Gasteiger partial charge in [-0.1, -0.05) is 41.5 Å². The molecule has 1 aliphatic heterocycles. The number of carbonyl (C=O) groups excluding carboxylic acids is 1. The van der Waals surface area contributed by atoms with Gasteiger partial charge in [-0.3, -0.25) is 9.36 Å². The number of nitrogens with zero attached hydrogens (tertiary/aromatic N) is 4. The molecule has 0 unspecified atom stereocenters. The molecular formula is C28H48N4O5Si2. The second-order valence-corrected chi connectivity index (χ2v) is 23.7. The van der Waals surface area contributed by atoms with Crippen molar-refractivity contribution >= 4 is 33.8 Å². The molecular weight excluding hydrogens is 529 g/mol. The largest absolute Gasteiger partial charge is 0.466 e. The molecule has 0 N–H and O–H groups in total. The Morgan fingerprint density at radius 3 is 2.31 bits per heavy atom. The first-order valence-electron chi connectivity index (χ1n) is 14.3. The molecule has 39 heavy (non-hydrogen) atoms. The highest BCUT2D eigenvalue weighted by molar-refractivity contribution is 6.74. The Kier molecular flexibility index (Phi) is 8.26. The van der Waals surface area contributed by atoms with Crippen molar-refractivity contribution in [1.82, 2.24) is 19.5 Å². The molecule has 11 heteroatoms. The van der Waals surface area contributed by atoms with Crippen LogP contribution in [0.15, 0.2) is 12.7 Å². The van der Waals surface area contributed by atoms with Gasteiger partial charge in [0.2, 0.25) is 0 Å². The molecule has 2 aromatic rings. The maximum Gasteiger partial charge on any atom is 0.309 e. The highest BCUT2D eigenvalue weighted by Crippen LogP contribution is 2.49. The molecule has 3 heterocycles. The molecule has 5 atom stereocenters. The number of rotatable bonds is 9. The van der Waals surface area contributed by atoms with Crippen LogP contribution in [-0.4, -0.2) is 67.5 Å². The summed E-state index contributed by atoms with van der Waals surface area (Å²) in [6.07, 6.45) is 4.22. The average Bonchev–Trinajstić information content (AvgIpc) is 3.34. The van der Waals surface area contributed by atoms with Crippen LogP contribution in [0.5, 0.6) is 0 Å². The van der Waals surface area contributed by atoms with Crippen molar-refractivity contribution < 1.29 is 23.1 Å². The van der Waals surface area contributed by atoms with Gasteiger partial charge < -0.3 is 18.3 Å². The molecule has 1 saturated heterocycles. The van der Waals surface area contributed by atoms with Gasteiger partial charge in [-0.05, 0) is 49.6 Å². The van der Waals surface area contributed by atoms with Gasteiger partial charge in [0.05, 0.1) is 37.3 Å². The summed E-state index contributed by atoms with van der Waals surface area (Å²) in [5.41, 5.74) is 2.25. The Bertz CT molecular complexity index is 1190. The van der Waals surface area contributed by atoms with Gasteiger partial charge in [0.25, 0.3) is 0 Å². The van der Waals surface area contributed by atoms with Crippen LogP contribution in [0.1, 0.15) is 79.1 Å². The normalized spacial score (nSPS) is 26.3. The SMILES string of the molecule is CCOC(=O)[C@H]1C[C@@H]1c1ncnc2c1ncn2[C@H]1C[C@H](O[Si](C)(C)C(C)(C)C)[C@@H](CO[Si](C)(C)C(C)(C)C)O1. The minimum absolute atomic E-state index is 0.0165. The van der Waals surface area contributed by atoms with E-state index in [4.69, 9.17) is 23.3 Å². The summed E-state index contributed by atoms with van der Waals surface area (Å²) < 4.78 is 27.5. The van der Waals surface area contributed by atoms with Crippen molar-refractivity contribution in [3.63, 3.8) is 0 Å². The van der Waals surface area contributed by atoms with Gasteiger partial charge in [0.15, 0.2) is 22.3 Å². The molecule has 218 valence electrons. The molecule has 4 rings (SSSR count). The third-order valence-corrected chi connectivity index (χ3v) is 18.3. The summed E-state index contributed by atoms with van der Waals surface area (Å²) in [6, 6.07) is 0. The van der Waals surface area contributed by atoms with Crippen molar-refractivity contribution in [2.75, 3.05) is 13.2 Å². The van der Waals surface area contributed by atoms with Crippen molar-refractivity contribution in [2.45, 2.75) is 122 Å². The van der Waals surface area contributed by atoms with Crippen LogP contribution in [0.2, 0.25) is 36.3 Å². The van der Waals surface area contributed by atoms with E-state index >= 15 is 0 Å². The number of esters is 1. The molecule has 0 spiro atoms. The Balaban J connectivity index is 1.59. The van der Waals surface area contributed by atoms with E-state index in [0.29, 0.717) is 19.6 Å². The predicted molar refractivity (Wildman–Crippen MR) is 157 cm³/mol. The molecule has 0 bridgehead atoms. The van der Waals surface area contributed by atoms with Gasteiger partial charge in [0.1, 0.15) is 24.2 Å². The van der Waals surface area contributed by atoms with Crippen LogP contribution in [-0.2, 0) is 23.1 Å². The zero-order valence-electron chi connectivity index (χ0n) is 25.7. The first-order valence-corrected chi connectivity index (χ1v) is 20.1. The van der Waals surface area contributed by atoms with Crippen LogP contribution in [0.25, 0.3) is 11.2 Å². The van der Waals surface area contributed by atoms with E-state index in [0.717, 1.165) is 23.3 Å². The molecule has 0 amide bonds. The molecule has 1 aliphatic carbocycles. The summed E-state index contributed by atoms with van der Waals surface area (Å²) in [7, 11) is -4.02. The number of fused-ring (bicyclic) bond motifs is 1. The van der Waals surface area contributed by atoms with E-state index in [1.807, 2.05) is 11.5 Å². The quantitative estimate of drug-likeness (QED) is 0.257. The van der Waals surface area contributed by atoms with E-state index in [1.54, 1.807) is 12.7 Å². The molecule has 2 aliphatic rings. The van der Waals surface area contributed by atoms with Gasteiger partial charge >= 0.3 is 5.97 Å². The minimum Gasteiger partial charge on any atom is -0.466 e. The maximum absolute atomic E-state index is 12.3. The smallest absolute Gasteiger partial charge is 0.309 e. The van der Waals surface area contributed by atoms with Crippen molar-refractivity contribution in [1.29, 1.82) is 0 Å². The molecule has 1 saturated carbocycles. The summed E-state index contributed by atoms with van der Waals surface area (Å²) in [6.45, 7) is 25.4. The Labute approximate surface area is 235 Å². The molecule has 0 radical (unpaired) electrons. The fraction of sp³-hybridized carbons (Fsp3) is 0.786. The molecule has 2 fully saturated rings. The zero-order valence-corrected chi connectivity index (χ0v) is 27.7. The summed E-state index contributed by atoms with van der Waals surface area (Å²) in [5.74, 6) is -0.305. The third-order valence-electron chi connectivity index (χ3n) is 9.28. The summed E-state index contributed by atoms with van der Waals surface area (Å²) >= 11 is 0. The van der Waals surface area contributed by atoms with Crippen LogP contribution >= 0.6 is 0 Å². The number of hydrogen-bond acceptors (Lipinski definition) is 8. The third kappa shape index (κ3) is 6.17. The van der Waals surface area contributed by atoms with Gasteiger partial charge in [0, 0.05) is 12.3 Å². The standard InChI is InChI=1S/C28H48N4O5Si2/c1-12-34-26(33)19-13-18(19)23-24-25(30-16-29-23)32(17-31-24)22-14-20(37-39(10,11)28(5,6)7)21(36-22)15-35-38(8,9)27(2,3)4/h16-22H,12-15H2,1-11H3/t18-,19-,20-,21+,22+/m0/s1. The van der Waals surface area contributed by atoms with Gasteiger partial charge in [-0.25, -0.2) is 15.0 Å². The first-order chi connectivity index (χ1) is 18.0. The number of aromatic nitrogens is 4. The van der Waals surface area contributed by atoms with Crippen LogP contribution < -0.4 is 0 Å². The number of imidazole rings is 1. The number of hydrogen-bond donors (Lipinski definition) is 0. The lowest BCUT2D eigenvalue weighted by atomic mass is 10.2. The highest BCUT2D eigenvalue weighted by Gasteiger charge is 2.49. The molecule has 0 aromatic carbocycles. The predicted octanol–water partition coefficient (Wildman–Crippen LogP) is 6.19. The van der Waals surface area contributed by atoms with E-state index in [2.05, 4.69) is 77.7 Å². The second kappa shape index (κ2) is 10.6. The Morgan fingerprint density at radius 1 is 1.03 bits per heavy atom. The van der Waals surface area contributed by atoms with E-state index < -0.39 is 16.6 Å². The maximum atomic E-state index is 12.3. The Hall–Kier alpha value is -1.67. The fourth-order valence-corrected chi connectivity index (χ4v) is 6.94. The van der Waals surface area contributed by atoms with Crippen molar-refractivity contribution in [2.24, 2.45) is 5.92 Å². The lowest BCUT2D eigenvalue weighted by molar-refractivity contribution is -0.144. The lowest BCUT2D eigenvalue weighted by Gasteiger charge is -2.40. The fourth-order valence-electron chi connectivity index (χ4n) is 4.57. The second-order valence-electron chi connectivity index (χ2n) is 14.1. The summed E-state index contributed by atoms with van der Waals surface area (Å²) in [5, 5.41) is 0.193. The number of ether oxygens (including phenoxy) is 2. The molecule has 9 nitrogen and oxygen atoms in total.